The zero-order valence-corrected chi connectivity index (χ0v) is 15.7. The Morgan fingerprint density at radius 2 is 1.88 bits per heavy atom. The molecule has 5 heteroatoms. The lowest BCUT2D eigenvalue weighted by atomic mass is 10.2. The number of piperazine rings is 1. The van der Waals surface area contributed by atoms with Crippen LogP contribution in [-0.4, -0.2) is 43.6 Å². The Morgan fingerprint density at radius 3 is 2.62 bits per heavy atom. The fraction of sp³-hybridized carbons (Fsp3) is 0.286. The molecule has 0 bridgehead atoms. The Bertz CT molecular complexity index is 783. The van der Waals surface area contributed by atoms with Crippen LogP contribution < -0.4 is 9.64 Å². The van der Waals surface area contributed by atoms with Crippen LogP contribution in [-0.2, 0) is 4.79 Å². The average molecular weight is 371 g/mol. The van der Waals surface area contributed by atoms with Crippen LogP contribution in [0, 0.1) is 0 Å². The van der Waals surface area contributed by atoms with Gasteiger partial charge < -0.3 is 14.5 Å². The quantitative estimate of drug-likeness (QED) is 0.743. The predicted octanol–water partition coefficient (Wildman–Crippen LogP) is 4.10. The molecule has 1 amide bonds. The van der Waals surface area contributed by atoms with E-state index in [2.05, 4.69) is 11.0 Å². The van der Waals surface area contributed by atoms with E-state index in [0.717, 1.165) is 30.1 Å². The van der Waals surface area contributed by atoms with Crippen molar-refractivity contribution in [3.8, 4) is 5.75 Å². The zero-order chi connectivity index (χ0) is 18.4. The van der Waals surface area contributed by atoms with E-state index >= 15 is 0 Å². The summed E-state index contributed by atoms with van der Waals surface area (Å²) in [6, 6.07) is 15.5. The Labute approximate surface area is 159 Å². The number of carbonyl (C=O) groups is 1. The molecular weight excluding hydrogens is 348 g/mol. The van der Waals surface area contributed by atoms with E-state index in [0.29, 0.717) is 24.7 Å². The summed E-state index contributed by atoms with van der Waals surface area (Å²) in [6.45, 7) is 5.60. The molecule has 0 atom stereocenters. The number of ether oxygens (including phenoxy) is 1. The normalized spacial score (nSPS) is 14.7. The summed E-state index contributed by atoms with van der Waals surface area (Å²) < 4.78 is 5.72. The van der Waals surface area contributed by atoms with E-state index in [1.165, 1.54) is 0 Å². The van der Waals surface area contributed by atoms with Crippen LogP contribution in [0.3, 0.4) is 0 Å². The first-order valence-electron chi connectivity index (χ1n) is 8.86. The standard InChI is InChI=1S/C21H23ClN2O2/c1-2-26-20-9-4-3-8-19(20)23-12-14-24(15-13-23)21(25)11-10-17-6-5-7-18(22)16-17/h3-11,16H,2,12-15H2,1H3/b11-10+. The van der Waals surface area contributed by atoms with Crippen LogP contribution in [0.2, 0.25) is 5.02 Å². The van der Waals surface area contributed by atoms with Crippen LogP contribution in [0.15, 0.2) is 54.6 Å². The Kier molecular flexibility index (Phi) is 6.18. The molecule has 1 heterocycles. The van der Waals surface area contributed by atoms with Crippen molar-refractivity contribution in [3.05, 3.63) is 65.2 Å². The highest BCUT2D eigenvalue weighted by Crippen LogP contribution is 2.28. The fourth-order valence-electron chi connectivity index (χ4n) is 3.05. The highest BCUT2D eigenvalue weighted by Gasteiger charge is 2.21. The van der Waals surface area contributed by atoms with Crippen LogP contribution in [0.4, 0.5) is 5.69 Å². The summed E-state index contributed by atoms with van der Waals surface area (Å²) in [5.41, 5.74) is 2.02. The van der Waals surface area contributed by atoms with E-state index in [-0.39, 0.29) is 5.91 Å². The van der Waals surface area contributed by atoms with Crippen LogP contribution in [0.1, 0.15) is 12.5 Å². The van der Waals surface area contributed by atoms with Gasteiger partial charge in [-0.15, -0.1) is 0 Å². The minimum Gasteiger partial charge on any atom is -0.492 e. The smallest absolute Gasteiger partial charge is 0.246 e. The van der Waals surface area contributed by atoms with Gasteiger partial charge in [0.1, 0.15) is 5.75 Å². The molecule has 0 saturated carbocycles. The molecule has 136 valence electrons. The first-order chi connectivity index (χ1) is 12.7. The van der Waals surface area contributed by atoms with Crippen LogP contribution in [0.25, 0.3) is 6.08 Å². The number of hydrogen-bond acceptors (Lipinski definition) is 3. The number of carbonyl (C=O) groups excluding carboxylic acids is 1. The summed E-state index contributed by atoms with van der Waals surface area (Å²) in [5, 5.41) is 0.668. The highest BCUT2D eigenvalue weighted by molar-refractivity contribution is 6.30. The van der Waals surface area contributed by atoms with Gasteiger partial charge in [-0.25, -0.2) is 0 Å². The lowest BCUT2D eigenvalue weighted by Gasteiger charge is -2.36. The van der Waals surface area contributed by atoms with Crippen molar-refractivity contribution >= 4 is 29.3 Å². The molecule has 2 aromatic carbocycles. The summed E-state index contributed by atoms with van der Waals surface area (Å²) >= 11 is 5.97. The molecule has 0 unspecified atom stereocenters. The fourth-order valence-corrected chi connectivity index (χ4v) is 3.25. The minimum atomic E-state index is 0.0303. The van der Waals surface area contributed by atoms with E-state index in [1.54, 1.807) is 6.08 Å². The van der Waals surface area contributed by atoms with Gasteiger partial charge in [-0.3, -0.25) is 4.79 Å². The minimum absolute atomic E-state index is 0.0303. The maximum absolute atomic E-state index is 12.4. The van der Waals surface area contributed by atoms with Crippen molar-refractivity contribution in [1.29, 1.82) is 0 Å². The highest BCUT2D eigenvalue weighted by atomic mass is 35.5. The first-order valence-corrected chi connectivity index (χ1v) is 9.24. The van der Waals surface area contributed by atoms with Crippen molar-refractivity contribution in [2.24, 2.45) is 0 Å². The van der Waals surface area contributed by atoms with Gasteiger partial charge in [-0.2, -0.15) is 0 Å². The maximum Gasteiger partial charge on any atom is 0.246 e. The molecule has 0 aromatic heterocycles. The molecule has 4 nitrogen and oxygen atoms in total. The van der Waals surface area contributed by atoms with Gasteiger partial charge >= 0.3 is 0 Å². The largest absolute Gasteiger partial charge is 0.492 e. The molecule has 0 N–H and O–H groups in total. The van der Waals surface area contributed by atoms with E-state index in [4.69, 9.17) is 16.3 Å². The summed E-state index contributed by atoms with van der Waals surface area (Å²) in [4.78, 5) is 16.6. The SMILES string of the molecule is CCOc1ccccc1N1CCN(C(=O)/C=C/c2cccc(Cl)c2)CC1. The molecule has 1 saturated heterocycles. The topological polar surface area (TPSA) is 32.8 Å². The van der Waals surface area contributed by atoms with Crippen molar-refractivity contribution in [2.75, 3.05) is 37.7 Å². The molecule has 0 aliphatic carbocycles. The van der Waals surface area contributed by atoms with Gasteiger partial charge in [0.2, 0.25) is 5.91 Å². The molecule has 0 spiro atoms. The van der Waals surface area contributed by atoms with Gasteiger partial charge in [0, 0.05) is 37.3 Å². The average Bonchev–Trinajstić information content (AvgIpc) is 2.67. The summed E-state index contributed by atoms with van der Waals surface area (Å²) in [7, 11) is 0. The number of rotatable bonds is 5. The lowest BCUT2D eigenvalue weighted by molar-refractivity contribution is -0.126. The molecule has 26 heavy (non-hydrogen) atoms. The monoisotopic (exact) mass is 370 g/mol. The molecule has 0 radical (unpaired) electrons. The number of hydrogen-bond donors (Lipinski definition) is 0. The number of amides is 1. The molecule has 1 aliphatic rings. The molecule has 3 rings (SSSR count). The third-order valence-electron chi connectivity index (χ3n) is 4.36. The zero-order valence-electron chi connectivity index (χ0n) is 14.9. The molecule has 1 aliphatic heterocycles. The Balaban J connectivity index is 1.59. The van der Waals surface area contributed by atoms with Crippen molar-refractivity contribution in [1.82, 2.24) is 4.90 Å². The van der Waals surface area contributed by atoms with Gasteiger partial charge in [-0.05, 0) is 42.8 Å². The first kappa shape index (κ1) is 18.3. The van der Waals surface area contributed by atoms with Gasteiger partial charge in [0.25, 0.3) is 0 Å². The van der Waals surface area contributed by atoms with Crippen molar-refractivity contribution in [3.63, 3.8) is 0 Å². The number of halogens is 1. The number of anilines is 1. The third-order valence-corrected chi connectivity index (χ3v) is 4.60. The molecule has 2 aromatic rings. The van der Waals surface area contributed by atoms with Gasteiger partial charge in [0.15, 0.2) is 0 Å². The lowest BCUT2D eigenvalue weighted by Crippen LogP contribution is -2.48. The van der Waals surface area contributed by atoms with Gasteiger partial charge in [-0.1, -0.05) is 35.9 Å². The van der Waals surface area contributed by atoms with Gasteiger partial charge in [0.05, 0.1) is 12.3 Å². The maximum atomic E-state index is 12.4. The van der Waals surface area contributed by atoms with E-state index in [1.807, 2.05) is 60.4 Å². The number of benzene rings is 2. The van der Waals surface area contributed by atoms with Crippen molar-refractivity contribution < 1.29 is 9.53 Å². The Hall–Kier alpha value is -2.46. The van der Waals surface area contributed by atoms with Crippen LogP contribution in [0.5, 0.6) is 5.75 Å². The molecule has 1 fully saturated rings. The summed E-state index contributed by atoms with van der Waals surface area (Å²) in [5.74, 6) is 0.929. The third kappa shape index (κ3) is 4.58. The predicted molar refractivity (Wildman–Crippen MR) is 107 cm³/mol. The van der Waals surface area contributed by atoms with E-state index < -0.39 is 0 Å². The second-order valence-electron chi connectivity index (χ2n) is 6.10. The van der Waals surface area contributed by atoms with Crippen molar-refractivity contribution in [2.45, 2.75) is 6.92 Å². The van der Waals surface area contributed by atoms with Crippen LogP contribution >= 0.6 is 11.6 Å². The molecular formula is C21H23ClN2O2. The van der Waals surface area contributed by atoms with E-state index in [9.17, 15) is 4.79 Å². The second-order valence-corrected chi connectivity index (χ2v) is 6.54. The summed E-state index contributed by atoms with van der Waals surface area (Å²) in [6.07, 6.45) is 3.43. The second kappa shape index (κ2) is 8.77. The number of para-hydroxylation sites is 2. The Morgan fingerprint density at radius 1 is 1.12 bits per heavy atom. The number of nitrogens with zero attached hydrogens (tertiary/aromatic N) is 2.